The minimum Gasteiger partial charge on any atom is -0.347 e. The van der Waals surface area contributed by atoms with Gasteiger partial charge in [-0.3, -0.25) is 4.79 Å². The molecule has 0 spiro atoms. The molecule has 0 atom stereocenters. The summed E-state index contributed by atoms with van der Waals surface area (Å²) in [6.45, 7) is 3.95. The van der Waals surface area contributed by atoms with E-state index in [9.17, 15) is 9.18 Å². The van der Waals surface area contributed by atoms with Crippen LogP contribution < -0.4 is 4.90 Å². The van der Waals surface area contributed by atoms with Gasteiger partial charge in [-0.1, -0.05) is 13.8 Å². The molecule has 0 amide bonds. The Bertz CT molecular complexity index is 651. The predicted octanol–water partition coefficient (Wildman–Crippen LogP) is 3.28. The SMILES string of the molecule is CC(C)c1nc(N(C)C)nc(-c2ccc(F)cc2)c1C=O. The van der Waals surface area contributed by atoms with Gasteiger partial charge in [0.1, 0.15) is 5.82 Å². The largest absolute Gasteiger partial charge is 0.347 e. The van der Waals surface area contributed by atoms with Gasteiger partial charge in [0.05, 0.1) is 17.0 Å². The zero-order chi connectivity index (χ0) is 15.6. The van der Waals surface area contributed by atoms with Crippen molar-refractivity contribution in [3.63, 3.8) is 0 Å². The van der Waals surface area contributed by atoms with Gasteiger partial charge in [-0.05, 0) is 30.2 Å². The van der Waals surface area contributed by atoms with Gasteiger partial charge in [-0.15, -0.1) is 0 Å². The van der Waals surface area contributed by atoms with Crippen LogP contribution in [-0.2, 0) is 0 Å². The van der Waals surface area contributed by atoms with Crippen LogP contribution in [0.3, 0.4) is 0 Å². The standard InChI is InChI=1S/C16H18FN3O/c1-10(2)14-13(9-21)15(19-16(18-14)20(3)4)11-5-7-12(17)8-6-11/h5-10H,1-4H3. The number of benzene rings is 1. The van der Waals surface area contributed by atoms with Crippen molar-refractivity contribution in [2.75, 3.05) is 19.0 Å². The van der Waals surface area contributed by atoms with Crippen molar-refractivity contribution in [3.05, 3.63) is 41.3 Å². The van der Waals surface area contributed by atoms with Crippen LogP contribution in [0.1, 0.15) is 35.8 Å². The van der Waals surface area contributed by atoms with Crippen LogP contribution >= 0.6 is 0 Å². The van der Waals surface area contributed by atoms with Crippen LogP contribution in [0.2, 0.25) is 0 Å². The van der Waals surface area contributed by atoms with E-state index in [1.807, 2.05) is 27.9 Å². The zero-order valence-corrected chi connectivity index (χ0v) is 12.6. The second-order valence-corrected chi connectivity index (χ2v) is 5.35. The number of aromatic nitrogens is 2. The van der Waals surface area contributed by atoms with E-state index in [4.69, 9.17) is 0 Å². The number of carbonyl (C=O) groups is 1. The molecule has 0 N–H and O–H groups in total. The van der Waals surface area contributed by atoms with Crippen molar-refractivity contribution in [1.82, 2.24) is 9.97 Å². The normalized spacial score (nSPS) is 10.8. The Balaban J connectivity index is 2.72. The van der Waals surface area contributed by atoms with Gasteiger partial charge in [0.2, 0.25) is 5.95 Å². The summed E-state index contributed by atoms with van der Waals surface area (Å²) in [5.74, 6) is 0.298. The average molecular weight is 287 g/mol. The average Bonchev–Trinajstić information content (AvgIpc) is 2.46. The molecule has 1 heterocycles. The molecular formula is C16H18FN3O. The highest BCUT2D eigenvalue weighted by molar-refractivity contribution is 5.87. The highest BCUT2D eigenvalue weighted by atomic mass is 19.1. The Labute approximate surface area is 123 Å². The van der Waals surface area contributed by atoms with Crippen LogP contribution in [0.25, 0.3) is 11.3 Å². The van der Waals surface area contributed by atoms with Crippen molar-refractivity contribution in [2.45, 2.75) is 19.8 Å². The van der Waals surface area contributed by atoms with E-state index < -0.39 is 0 Å². The first-order valence-corrected chi connectivity index (χ1v) is 6.74. The predicted molar refractivity (Wildman–Crippen MR) is 81.2 cm³/mol. The van der Waals surface area contributed by atoms with Crippen LogP contribution in [0.15, 0.2) is 24.3 Å². The molecule has 2 aromatic rings. The minimum atomic E-state index is -0.322. The number of rotatable bonds is 4. The first-order valence-electron chi connectivity index (χ1n) is 6.74. The highest BCUT2D eigenvalue weighted by Gasteiger charge is 2.18. The molecule has 21 heavy (non-hydrogen) atoms. The molecular weight excluding hydrogens is 269 g/mol. The summed E-state index contributed by atoms with van der Waals surface area (Å²) in [6.07, 6.45) is 0.771. The molecule has 0 fully saturated rings. The summed E-state index contributed by atoms with van der Waals surface area (Å²) >= 11 is 0. The van der Waals surface area contributed by atoms with Gasteiger partial charge in [0.25, 0.3) is 0 Å². The second kappa shape index (κ2) is 5.99. The topological polar surface area (TPSA) is 46.1 Å². The molecule has 5 heteroatoms. The van der Waals surface area contributed by atoms with Crippen molar-refractivity contribution < 1.29 is 9.18 Å². The van der Waals surface area contributed by atoms with Gasteiger partial charge in [0.15, 0.2) is 6.29 Å². The fourth-order valence-corrected chi connectivity index (χ4v) is 2.06. The number of halogens is 1. The molecule has 1 aromatic heterocycles. The molecule has 4 nitrogen and oxygen atoms in total. The monoisotopic (exact) mass is 287 g/mol. The van der Waals surface area contributed by atoms with Gasteiger partial charge in [-0.2, -0.15) is 0 Å². The minimum absolute atomic E-state index is 0.0890. The smallest absolute Gasteiger partial charge is 0.225 e. The van der Waals surface area contributed by atoms with Crippen molar-refractivity contribution in [1.29, 1.82) is 0 Å². The molecule has 0 aliphatic heterocycles. The lowest BCUT2D eigenvalue weighted by Crippen LogP contribution is -2.16. The van der Waals surface area contributed by atoms with E-state index in [1.54, 1.807) is 17.0 Å². The zero-order valence-electron chi connectivity index (χ0n) is 12.6. The maximum Gasteiger partial charge on any atom is 0.225 e. The Kier molecular flexibility index (Phi) is 4.31. The molecule has 0 aliphatic carbocycles. The van der Waals surface area contributed by atoms with Gasteiger partial charge in [0, 0.05) is 19.7 Å². The Hall–Kier alpha value is -2.30. The van der Waals surface area contributed by atoms with Crippen molar-refractivity contribution in [2.24, 2.45) is 0 Å². The number of aldehydes is 1. The fourth-order valence-electron chi connectivity index (χ4n) is 2.06. The van der Waals surface area contributed by atoms with Crippen LogP contribution in [-0.4, -0.2) is 30.3 Å². The maximum atomic E-state index is 13.1. The van der Waals surface area contributed by atoms with Gasteiger partial charge >= 0.3 is 0 Å². The van der Waals surface area contributed by atoms with E-state index in [1.165, 1.54) is 12.1 Å². The Morgan fingerprint density at radius 2 is 1.76 bits per heavy atom. The molecule has 0 bridgehead atoms. The number of hydrogen-bond acceptors (Lipinski definition) is 4. The molecule has 110 valence electrons. The molecule has 0 saturated heterocycles. The highest BCUT2D eigenvalue weighted by Crippen LogP contribution is 2.28. The fraction of sp³-hybridized carbons (Fsp3) is 0.312. The van der Waals surface area contributed by atoms with E-state index >= 15 is 0 Å². The van der Waals surface area contributed by atoms with Gasteiger partial charge in [-0.25, -0.2) is 14.4 Å². The summed E-state index contributed by atoms with van der Waals surface area (Å²) in [6, 6.07) is 5.95. The van der Waals surface area contributed by atoms with Crippen LogP contribution in [0.5, 0.6) is 0 Å². The number of carbonyl (C=O) groups excluding carboxylic acids is 1. The second-order valence-electron chi connectivity index (χ2n) is 5.35. The van der Waals surface area contributed by atoms with E-state index in [0.29, 0.717) is 28.5 Å². The lowest BCUT2D eigenvalue weighted by Gasteiger charge is -2.17. The number of nitrogens with zero attached hydrogens (tertiary/aromatic N) is 3. The Morgan fingerprint density at radius 3 is 2.24 bits per heavy atom. The lowest BCUT2D eigenvalue weighted by atomic mass is 9.99. The third-order valence-corrected chi connectivity index (χ3v) is 3.15. The third kappa shape index (κ3) is 3.07. The quantitative estimate of drug-likeness (QED) is 0.810. The number of hydrogen-bond donors (Lipinski definition) is 0. The lowest BCUT2D eigenvalue weighted by molar-refractivity contribution is 0.112. The van der Waals surface area contributed by atoms with E-state index in [2.05, 4.69) is 9.97 Å². The van der Waals surface area contributed by atoms with Gasteiger partial charge < -0.3 is 4.90 Å². The van der Waals surface area contributed by atoms with Crippen molar-refractivity contribution in [3.8, 4) is 11.3 Å². The first-order chi connectivity index (χ1) is 9.93. The van der Waals surface area contributed by atoms with E-state index in [0.717, 1.165) is 6.29 Å². The molecule has 0 radical (unpaired) electrons. The third-order valence-electron chi connectivity index (χ3n) is 3.15. The summed E-state index contributed by atoms with van der Waals surface area (Å²) in [4.78, 5) is 22.2. The summed E-state index contributed by atoms with van der Waals surface area (Å²) in [7, 11) is 3.68. The van der Waals surface area contributed by atoms with E-state index in [-0.39, 0.29) is 11.7 Å². The maximum absolute atomic E-state index is 13.1. The molecule has 0 aliphatic rings. The molecule has 1 aromatic carbocycles. The molecule has 0 saturated carbocycles. The summed E-state index contributed by atoms with van der Waals surface area (Å²) in [5.41, 5.74) is 2.39. The van der Waals surface area contributed by atoms with Crippen molar-refractivity contribution >= 4 is 12.2 Å². The first kappa shape index (κ1) is 15.1. The molecule has 2 rings (SSSR count). The summed E-state index contributed by atoms with van der Waals surface area (Å²) < 4.78 is 13.1. The summed E-state index contributed by atoms with van der Waals surface area (Å²) in [5, 5.41) is 0. The number of anilines is 1. The Morgan fingerprint density at radius 1 is 1.14 bits per heavy atom. The van der Waals surface area contributed by atoms with Crippen LogP contribution in [0.4, 0.5) is 10.3 Å². The van der Waals surface area contributed by atoms with Crippen LogP contribution in [0, 0.1) is 5.82 Å². The molecule has 0 unspecified atom stereocenters.